The molecule has 0 aliphatic heterocycles. The maximum absolute atomic E-state index is 4.43. The Hall–Kier alpha value is -0.700. The van der Waals surface area contributed by atoms with Crippen LogP contribution in [0.25, 0.3) is 0 Å². The molecule has 1 heterocycles. The lowest BCUT2D eigenvalue weighted by atomic mass is 10.3. The van der Waals surface area contributed by atoms with Gasteiger partial charge in [-0.1, -0.05) is 20.3 Å². The summed E-state index contributed by atoms with van der Waals surface area (Å²) in [5.74, 6) is 0. The summed E-state index contributed by atoms with van der Waals surface area (Å²) < 4.78 is 2.02. The number of aromatic nitrogens is 2. The first-order chi connectivity index (χ1) is 6.77. The van der Waals surface area contributed by atoms with E-state index in [2.05, 4.69) is 37.4 Å². The number of hydrogen-bond donors (Lipinski definition) is 1. The molecular formula is C11H22ClN3. The largest absolute Gasteiger partial charge is 0.382 e. The molecule has 0 aromatic carbocycles. The van der Waals surface area contributed by atoms with E-state index in [9.17, 15) is 0 Å². The predicted octanol–water partition coefficient (Wildman–Crippen LogP) is 3.24. The second-order valence-corrected chi connectivity index (χ2v) is 3.67. The molecule has 1 aromatic heterocycles. The van der Waals surface area contributed by atoms with Crippen molar-refractivity contribution < 1.29 is 0 Å². The maximum atomic E-state index is 4.43. The van der Waals surface area contributed by atoms with Crippen molar-refractivity contribution in [3.63, 3.8) is 0 Å². The van der Waals surface area contributed by atoms with Crippen LogP contribution < -0.4 is 5.32 Å². The van der Waals surface area contributed by atoms with Crippen molar-refractivity contribution in [2.24, 2.45) is 0 Å². The van der Waals surface area contributed by atoms with Gasteiger partial charge in [-0.05, 0) is 19.8 Å². The fourth-order valence-electron chi connectivity index (χ4n) is 1.43. The van der Waals surface area contributed by atoms with E-state index in [-0.39, 0.29) is 12.4 Å². The van der Waals surface area contributed by atoms with Crippen LogP contribution in [0.3, 0.4) is 0 Å². The van der Waals surface area contributed by atoms with E-state index in [0.717, 1.165) is 25.2 Å². The minimum atomic E-state index is 0. The van der Waals surface area contributed by atoms with Gasteiger partial charge in [-0.15, -0.1) is 12.4 Å². The number of nitrogens with zero attached hydrogens (tertiary/aromatic N) is 2. The first-order valence-electron chi connectivity index (χ1n) is 5.55. The molecule has 15 heavy (non-hydrogen) atoms. The molecule has 0 aliphatic rings. The van der Waals surface area contributed by atoms with Gasteiger partial charge in [-0.2, -0.15) is 5.10 Å². The van der Waals surface area contributed by atoms with E-state index in [4.69, 9.17) is 0 Å². The molecule has 0 fully saturated rings. The fraction of sp³-hybridized carbons (Fsp3) is 0.727. The van der Waals surface area contributed by atoms with Crippen LogP contribution in [0.15, 0.2) is 6.20 Å². The van der Waals surface area contributed by atoms with Crippen molar-refractivity contribution in [1.29, 1.82) is 0 Å². The third-order valence-corrected chi connectivity index (χ3v) is 2.24. The second kappa shape index (κ2) is 7.57. The first-order valence-corrected chi connectivity index (χ1v) is 5.55. The highest BCUT2D eigenvalue weighted by atomic mass is 35.5. The van der Waals surface area contributed by atoms with E-state index in [1.807, 2.05) is 4.68 Å². The van der Waals surface area contributed by atoms with E-state index in [0.29, 0.717) is 0 Å². The first kappa shape index (κ1) is 14.3. The molecule has 1 rings (SSSR count). The van der Waals surface area contributed by atoms with Crippen LogP contribution in [-0.4, -0.2) is 16.3 Å². The van der Waals surface area contributed by atoms with Gasteiger partial charge in [0, 0.05) is 19.3 Å². The molecular weight excluding hydrogens is 210 g/mol. The normalized spacial score (nSPS) is 9.80. The number of nitrogens with one attached hydrogen (secondary N) is 1. The van der Waals surface area contributed by atoms with Crippen LogP contribution in [-0.2, 0) is 6.54 Å². The lowest BCUT2D eigenvalue weighted by Gasteiger charge is -2.01. The van der Waals surface area contributed by atoms with Crippen LogP contribution in [0.5, 0.6) is 0 Å². The summed E-state index contributed by atoms with van der Waals surface area (Å²) in [6, 6.07) is 0. The van der Waals surface area contributed by atoms with Crippen molar-refractivity contribution in [1.82, 2.24) is 9.78 Å². The SMILES string of the molecule is CCCCNc1cn(CCC)nc1C.Cl. The van der Waals surface area contributed by atoms with Crippen molar-refractivity contribution in [3.8, 4) is 0 Å². The number of unbranched alkanes of at least 4 members (excludes halogenated alkanes) is 1. The van der Waals surface area contributed by atoms with Crippen molar-refractivity contribution >= 4 is 18.1 Å². The Balaban J connectivity index is 0.00000196. The minimum absolute atomic E-state index is 0. The minimum Gasteiger partial charge on any atom is -0.382 e. The van der Waals surface area contributed by atoms with Gasteiger partial charge in [0.1, 0.15) is 0 Å². The van der Waals surface area contributed by atoms with Gasteiger partial charge in [-0.25, -0.2) is 0 Å². The van der Waals surface area contributed by atoms with Crippen LogP contribution in [0.1, 0.15) is 38.8 Å². The molecule has 0 atom stereocenters. The predicted molar refractivity (Wildman–Crippen MR) is 67.9 cm³/mol. The molecule has 0 bridgehead atoms. The number of anilines is 1. The molecule has 0 aliphatic carbocycles. The van der Waals surface area contributed by atoms with Gasteiger partial charge in [0.15, 0.2) is 0 Å². The van der Waals surface area contributed by atoms with E-state index in [1.165, 1.54) is 18.5 Å². The molecule has 0 radical (unpaired) electrons. The Kier molecular flexibility index (Phi) is 7.22. The summed E-state index contributed by atoms with van der Waals surface area (Å²) >= 11 is 0. The molecule has 0 spiro atoms. The summed E-state index contributed by atoms with van der Waals surface area (Å²) in [5.41, 5.74) is 2.29. The maximum Gasteiger partial charge on any atom is 0.0825 e. The summed E-state index contributed by atoms with van der Waals surface area (Å²) in [6.07, 6.45) is 5.69. The highest BCUT2D eigenvalue weighted by molar-refractivity contribution is 5.85. The molecule has 0 amide bonds. The highest BCUT2D eigenvalue weighted by Gasteiger charge is 2.02. The molecule has 1 aromatic rings. The van der Waals surface area contributed by atoms with Crippen LogP contribution in [0.2, 0.25) is 0 Å². The molecule has 88 valence electrons. The van der Waals surface area contributed by atoms with Gasteiger partial charge in [0.25, 0.3) is 0 Å². The standard InChI is InChI=1S/C11H21N3.ClH/c1-4-6-7-12-11-9-14(8-5-2)13-10(11)3;/h9,12H,4-8H2,1-3H3;1H. The average Bonchev–Trinajstić information content (AvgIpc) is 2.48. The Morgan fingerprint density at radius 3 is 2.67 bits per heavy atom. The van der Waals surface area contributed by atoms with Crippen molar-refractivity contribution in [2.45, 2.75) is 46.6 Å². The van der Waals surface area contributed by atoms with Crippen LogP contribution in [0, 0.1) is 6.92 Å². The summed E-state index contributed by atoms with van der Waals surface area (Å²) in [4.78, 5) is 0. The van der Waals surface area contributed by atoms with Gasteiger partial charge < -0.3 is 5.32 Å². The van der Waals surface area contributed by atoms with E-state index in [1.54, 1.807) is 0 Å². The summed E-state index contributed by atoms with van der Waals surface area (Å²) in [6.45, 7) is 8.49. The number of halogens is 1. The molecule has 0 saturated carbocycles. The van der Waals surface area contributed by atoms with Gasteiger partial charge in [0.2, 0.25) is 0 Å². The highest BCUT2D eigenvalue weighted by Crippen LogP contribution is 2.12. The molecule has 1 N–H and O–H groups in total. The Morgan fingerprint density at radius 2 is 2.07 bits per heavy atom. The lowest BCUT2D eigenvalue weighted by Crippen LogP contribution is -2.00. The second-order valence-electron chi connectivity index (χ2n) is 3.67. The topological polar surface area (TPSA) is 29.9 Å². The number of rotatable bonds is 6. The van der Waals surface area contributed by atoms with E-state index >= 15 is 0 Å². The molecule has 3 nitrogen and oxygen atoms in total. The van der Waals surface area contributed by atoms with Gasteiger partial charge in [-0.3, -0.25) is 4.68 Å². The summed E-state index contributed by atoms with van der Waals surface area (Å²) in [5, 5.41) is 7.84. The average molecular weight is 232 g/mol. The Morgan fingerprint density at radius 1 is 1.33 bits per heavy atom. The van der Waals surface area contributed by atoms with Gasteiger partial charge in [0.05, 0.1) is 11.4 Å². The van der Waals surface area contributed by atoms with Crippen molar-refractivity contribution in [3.05, 3.63) is 11.9 Å². The monoisotopic (exact) mass is 231 g/mol. The van der Waals surface area contributed by atoms with E-state index < -0.39 is 0 Å². The fourth-order valence-corrected chi connectivity index (χ4v) is 1.43. The summed E-state index contributed by atoms with van der Waals surface area (Å²) in [7, 11) is 0. The van der Waals surface area contributed by atoms with Crippen molar-refractivity contribution in [2.75, 3.05) is 11.9 Å². The zero-order valence-electron chi connectivity index (χ0n) is 9.92. The Labute approximate surface area is 98.7 Å². The van der Waals surface area contributed by atoms with Crippen LogP contribution >= 0.6 is 12.4 Å². The Bertz CT molecular complexity index is 271. The molecule has 0 unspecified atom stereocenters. The molecule has 0 saturated heterocycles. The molecule has 4 heteroatoms. The number of aryl methyl sites for hydroxylation is 2. The zero-order valence-corrected chi connectivity index (χ0v) is 10.7. The zero-order chi connectivity index (χ0) is 10.4. The van der Waals surface area contributed by atoms with Gasteiger partial charge >= 0.3 is 0 Å². The third-order valence-electron chi connectivity index (χ3n) is 2.24. The quantitative estimate of drug-likeness (QED) is 0.762. The number of hydrogen-bond acceptors (Lipinski definition) is 2. The van der Waals surface area contributed by atoms with Crippen LogP contribution in [0.4, 0.5) is 5.69 Å². The smallest absolute Gasteiger partial charge is 0.0825 e. The third kappa shape index (κ3) is 4.56. The lowest BCUT2D eigenvalue weighted by molar-refractivity contribution is 0.598.